The molecule has 0 fully saturated rings. The van der Waals surface area contributed by atoms with Gasteiger partial charge >= 0.3 is 5.97 Å². The minimum atomic E-state index is -0.347. The molecule has 0 bridgehead atoms. The van der Waals surface area contributed by atoms with E-state index in [0.717, 1.165) is 11.1 Å². The Morgan fingerprint density at radius 3 is 2.46 bits per heavy atom. The topological polar surface area (TPSA) is 68.5 Å². The molecule has 0 saturated carbocycles. The maximum absolute atomic E-state index is 12.5. The smallest absolute Gasteiger partial charge is 0.309 e. The molecule has 0 atom stereocenters. The second kappa shape index (κ2) is 8.57. The van der Waals surface area contributed by atoms with Crippen LogP contribution in [0.15, 0.2) is 65.1 Å². The third-order valence-corrected chi connectivity index (χ3v) is 4.45. The number of benzene rings is 2. The van der Waals surface area contributed by atoms with E-state index in [1.54, 1.807) is 36.4 Å². The van der Waals surface area contributed by atoms with Crippen LogP contribution in [0.3, 0.4) is 0 Å². The molecule has 1 N–H and O–H groups in total. The number of anilines is 1. The van der Waals surface area contributed by atoms with Crippen LogP contribution >= 0.6 is 0 Å². The molecular formula is C23H23NO4. The van der Waals surface area contributed by atoms with Crippen molar-refractivity contribution in [1.29, 1.82) is 0 Å². The predicted octanol–water partition coefficient (Wildman–Crippen LogP) is 5.04. The average molecular weight is 377 g/mol. The highest BCUT2D eigenvalue weighted by Crippen LogP contribution is 2.25. The highest BCUT2D eigenvalue weighted by Gasteiger charge is 2.13. The molecule has 5 nitrogen and oxygen atoms in total. The van der Waals surface area contributed by atoms with E-state index in [4.69, 9.17) is 4.42 Å². The molecule has 3 aromatic rings. The largest absolute Gasteiger partial charge is 0.469 e. The van der Waals surface area contributed by atoms with Gasteiger partial charge in [0.25, 0.3) is 5.91 Å². The van der Waals surface area contributed by atoms with Gasteiger partial charge in [-0.3, -0.25) is 9.59 Å². The zero-order valence-corrected chi connectivity index (χ0v) is 16.2. The van der Waals surface area contributed by atoms with Crippen molar-refractivity contribution in [3.63, 3.8) is 0 Å². The summed E-state index contributed by atoms with van der Waals surface area (Å²) < 4.78 is 10.4. The quantitative estimate of drug-likeness (QED) is 0.611. The lowest BCUT2D eigenvalue weighted by Gasteiger charge is -2.06. The van der Waals surface area contributed by atoms with Crippen LogP contribution in [-0.4, -0.2) is 19.0 Å². The molecule has 3 rings (SSSR count). The Hall–Kier alpha value is -3.34. The second-order valence-corrected chi connectivity index (χ2v) is 6.85. The van der Waals surface area contributed by atoms with Gasteiger partial charge in [0.2, 0.25) is 0 Å². The van der Waals surface area contributed by atoms with Gasteiger partial charge < -0.3 is 14.5 Å². The highest BCUT2D eigenvalue weighted by atomic mass is 16.5. The number of nitrogens with one attached hydrogen (secondary N) is 1. The summed E-state index contributed by atoms with van der Waals surface area (Å²) in [6.45, 7) is 4.29. The van der Waals surface area contributed by atoms with Crippen LogP contribution in [0, 0.1) is 0 Å². The molecular weight excluding hydrogens is 354 g/mol. The summed E-state index contributed by atoms with van der Waals surface area (Å²) in [7, 11) is 1.35. The van der Waals surface area contributed by atoms with E-state index in [2.05, 4.69) is 36.0 Å². The van der Waals surface area contributed by atoms with E-state index in [9.17, 15) is 9.59 Å². The fraction of sp³-hybridized carbons (Fsp3) is 0.217. The van der Waals surface area contributed by atoms with Gasteiger partial charge in [-0.05, 0) is 41.3 Å². The Morgan fingerprint density at radius 1 is 1.04 bits per heavy atom. The molecule has 0 unspecified atom stereocenters. The molecule has 0 aliphatic rings. The van der Waals surface area contributed by atoms with Crippen LogP contribution in [0.25, 0.3) is 11.3 Å². The number of esters is 1. The van der Waals surface area contributed by atoms with Crippen molar-refractivity contribution in [1.82, 2.24) is 0 Å². The van der Waals surface area contributed by atoms with Gasteiger partial charge in [0.1, 0.15) is 5.76 Å². The molecule has 0 aliphatic heterocycles. The van der Waals surface area contributed by atoms with E-state index in [-0.39, 0.29) is 24.1 Å². The maximum atomic E-state index is 12.5. The molecule has 1 aromatic heterocycles. The van der Waals surface area contributed by atoms with Crippen molar-refractivity contribution in [2.45, 2.75) is 26.2 Å². The number of carbonyl (C=O) groups is 2. The second-order valence-electron chi connectivity index (χ2n) is 6.85. The number of ether oxygens (including phenoxy) is 1. The van der Waals surface area contributed by atoms with Crippen LogP contribution in [0.2, 0.25) is 0 Å². The standard InChI is InChI=1S/C23H23NO4/c1-15(2)17-7-9-18(10-8-17)20-11-12-21(28-20)23(26)24-19-6-4-5-16(13-19)14-22(25)27-3/h4-13,15H,14H2,1-3H3,(H,24,26). The minimum absolute atomic E-state index is 0.150. The Balaban J connectivity index is 1.70. The molecule has 2 aromatic carbocycles. The van der Waals surface area contributed by atoms with Crippen molar-refractivity contribution in [2.24, 2.45) is 0 Å². The van der Waals surface area contributed by atoms with Crippen LogP contribution in [0.4, 0.5) is 5.69 Å². The SMILES string of the molecule is COC(=O)Cc1cccc(NC(=O)c2ccc(-c3ccc(C(C)C)cc3)o2)c1. The number of hydrogen-bond donors (Lipinski definition) is 1. The third-order valence-electron chi connectivity index (χ3n) is 4.45. The first-order chi connectivity index (χ1) is 13.5. The summed E-state index contributed by atoms with van der Waals surface area (Å²) >= 11 is 0. The van der Waals surface area contributed by atoms with Crippen LogP contribution < -0.4 is 5.32 Å². The Morgan fingerprint density at radius 2 is 1.79 bits per heavy atom. The third kappa shape index (κ3) is 4.68. The summed E-state index contributed by atoms with van der Waals surface area (Å²) in [5.41, 5.74) is 3.52. The predicted molar refractivity (Wildman–Crippen MR) is 108 cm³/mol. The van der Waals surface area contributed by atoms with Crippen molar-refractivity contribution < 1.29 is 18.7 Å². The first-order valence-corrected chi connectivity index (χ1v) is 9.13. The van der Waals surface area contributed by atoms with Gasteiger partial charge in [-0.2, -0.15) is 0 Å². The molecule has 1 amide bonds. The summed E-state index contributed by atoms with van der Waals surface area (Å²) in [6.07, 6.45) is 0.150. The summed E-state index contributed by atoms with van der Waals surface area (Å²) in [5.74, 6) is 0.644. The molecule has 0 aliphatic carbocycles. The number of rotatable bonds is 6. The lowest BCUT2D eigenvalue weighted by Crippen LogP contribution is -2.11. The minimum Gasteiger partial charge on any atom is -0.469 e. The van der Waals surface area contributed by atoms with Crippen LogP contribution in [0.5, 0.6) is 0 Å². The fourth-order valence-electron chi connectivity index (χ4n) is 2.84. The molecule has 0 spiro atoms. The number of methoxy groups -OCH3 is 1. The Labute approximate surface area is 164 Å². The number of carbonyl (C=O) groups excluding carboxylic acids is 2. The lowest BCUT2D eigenvalue weighted by atomic mass is 10.0. The molecule has 28 heavy (non-hydrogen) atoms. The normalized spacial score (nSPS) is 10.7. The average Bonchev–Trinajstić information content (AvgIpc) is 3.18. The van der Waals surface area contributed by atoms with E-state index >= 15 is 0 Å². The monoisotopic (exact) mass is 377 g/mol. The van der Waals surface area contributed by atoms with E-state index < -0.39 is 0 Å². The van der Waals surface area contributed by atoms with E-state index in [1.807, 2.05) is 12.1 Å². The zero-order valence-electron chi connectivity index (χ0n) is 16.2. The summed E-state index contributed by atoms with van der Waals surface area (Å²) in [6, 6.07) is 18.6. The number of amides is 1. The lowest BCUT2D eigenvalue weighted by molar-refractivity contribution is -0.139. The summed E-state index contributed by atoms with van der Waals surface area (Å²) in [4.78, 5) is 23.9. The first kappa shape index (κ1) is 19.4. The van der Waals surface area contributed by atoms with Gasteiger partial charge in [0, 0.05) is 11.3 Å². The maximum Gasteiger partial charge on any atom is 0.309 e. The zero-order chi connectivity index (χ0) is 20.1. The molecule has 144 valence electrons. The Bertz CT molecular complexity index is 970. The van der Waals surface area contributed by atoms with E-state index in [1.165, 1.54) is 12.7 Å². The van der Waals surface area contributed by atoms with Crippen molar-refractivity contribution >= 4 is 17.6 Å². The van der Waals surface area contributed by atoms with Gasteiger partial charge in [0.05, 0.1) is 13.5 Å². The van der Waals surface area contributed by atoms with Gasteiger partial charge in [-0.15, -0.1) is 0 Å². The molecule has 0 radical (unpaired) electrons. The van der Waals surface area contributed by atoms with Crippen molar-refractivity contribution in [3.05, 3.63) is 77.6 Å². The van der Waals surface area contributed by atoms with Gasteiger partial charge in [-0.25, -0.2) is 0 Å². The number of furan rings is 1. The van der Waals surface area contributed by atoms with Crippen molar-refractivity contribution in [3.8, 4) is 11.3 Å². The first-order valence-electron chi connectivity index (χ1n) is 9.13. The number of hydrogen-bond acceptors (Lipinski definition) is 4. The van der Waals surface area contributed by atoms with Crippen LogP contribution in [-0.2, 0) is 16.0 Å². The molecule has 5 heteroatoms. The van der Waals surface area contributed by atoms with Gasteiger partial charge in [0.15, 0.2) is 5.76 Å². The fourth-order valence-corrected chi connectivity index (χ4v) is 2.84. The Kier molecular flexibility index (Phi) is 5.94. The van der Waals surface area contributed by atoms with Crippen LogP contribution in [0.1, 0.15) is 41.4 Å². The van der Waals surface area contributed by atoms with Crippen molar-refractivity contribution in [2.75, 3.05) is 12.4 Å². The highest BCUT2D eigenvalue weighted by molar-refractivity contribution is 6.02. The van der Waals surface area contributed by atoms with Gasteiger partial charge in [-0.1, -0.05) is 50.2 Å². The molecule has 0 saturated heterocycles. The van der Waals surface area contributed by atoms with E-state index in [0.29, 0.717) is 17.4 Å². The molecule has 1 heterocycles. The summed E-state index contributed by atoms with van der Waals surface area (Å²) in [5, 5.41) is 2.79.